The molecule has 0 unspecified atom stereocenters. The van der Waals surface area contributed by atoms with Crippen LogP contribution in [-0.4, -0.2) is 40.0 Å². The molecule has 2 aliphatic carbocycles. The van der Waals surface area contributed by atoms with E-state index in [4.69, 9.17) is 0 Å². The molecule has 2 atom stereocenters. The van der Waals surface area contributed by atoms with Crippen molar-refractivity contribution in [3.05, 3.63) is 47.4 Å². The summed E-state index contributed by atoms with van der Waals surface area (Å²) in [6.45, 7) is 2.94. The van der Waals surface area contributed by atoms with Crippen LogP contribution in [0.1, 0.15) is 43.9 Å². The molecule has 1 saturated heterocycles. The fourth-order valence-electron chi connectivity index (χ4n) is 5.52. The van der Waals surface area contributed by atoms with Crippen LogP contribution in [-0.2, 0) is 10.2 Å². The number of alkyl halides is 2. The highest BCUT2D eigenvalue weighted by Gasteiger charge is 2.69. The number of fused-ring (bicyclic) bond motifs is 5. The van der Waals surface area contributed by atoms with Crippen LogP contribution < -0.4 is 0 Å². The molecule has 28 heavy (non-hydrogen) atoms. The first kappa shape index (κ1) is 17.6. The molecule has 0 radical (unpaired) electrons. The number of carbonyl (C=O) groups excluding carboxylic acids is 1. The van der Waals surface area contributed by atoms with E-state index in [1.807, 2.05) is 19.9 Å². The van der Waals surface area contributed by atoms with Crippen molar-refractivity contribution in [2.24, 2.45) is 5.41 Å². The predicted molar refractivity (Wildman–Crippen MR) is 96.4 cm³/mol. The van der Waals surface area contributed by atoms with Crippen LogP contribution >= 0.6 is 0 Å². The number of aromatic nitrogens is 2. The van der Waals surface area contributed by atoms with Crippen LogP contribution in [0.3, 0.4) is 0 Å². The quantitative estimate of drug-likeness (QED) is 0.785. The molecule has 1 amide bonds. The van der Waals surface area contributed by atoms with Crippen molar-refractivity contribution in [2.45, 2.75) is 43.9 Å². The summed E-state index contributed by atoms with van der Waals surface area (Å²) in [5, 5.41) is 8.59. The highest BCUT2D eigenvalue weighted by molar-refractivity contribution is 5.92. The Morgan fingerprint density at radius 3 is 2.57 bits per heavy atom. The van der Waals surface area contributed by atoms with Gasteiger partial charge in [0.15, 0.2) is 0 Å². The van der Waals surface area contributed by atoms with Crippen molar-refractivity contribution >= 4 is 5.91 Å². The van der Waals surface area contributed by atoms with Crippen molar-refractivity contribution in [3.63, 3.8) is 0 Å². The van der Waals surface area contributed by atoms with Crippen LogP contribution in [0.5, 0.6) is 0 Å². The van der Waals surface area contributed by atoms with Crippen molar-refractivity contribution in [2.75, 3.05) is 13.1 Å². The first-order valence-corrected chi connectivity index (χ1v) is 9.48. The van der Waals surface area contributed by atoms with Crippen LogP contribution in [0.25, 0.3) is 11.3 Å². The maximum Gasteiger partial charge on any atom is 0.282 e. The SMILES string of the molecule is CC1(C)[C@H]2CC[C@]1(C(=O)N1CC(F)(F)C1)c1nnc(-c3ccccc3F)cc12. The molecule has 2 heterocycles. The van der Waals surface area contributed by atoms with E-state index >= 15 is 0 Å². The highest BCUT2D eigenvalue weighted by Crippen LogP contribution is 2.68. The lowest BCUT2D eigenvalue weighted by molar-refractivity contribution is -0.174. The molecule has 2 fully saturated rings. The summed E-state index contributed by atoms with van der Waals surface area (Å²) in [6.07, 6.45) is 1.35. The minimum absolute atomic E-state index is 0.0641. The van der Waals surface area contributed by atoms with E-state index in [-0.39, 0.29) is 17.6 Å². The molecule has 1 saturated carbocycles. The number of benzene rings is 1. The number of hydrogen-bond acceptors (Lipinski definition) is 3. The van der Waals surface area contributed by atoms with Gasteiger partial charge in [-0.25, -0.2) is 13.2 Å². The number of halogens is 3. The Hall–Kier alpha value is -2.44. The maximum absolute atomic E-state index is 14.2. The Balaban J connectivity index is 1.61. The summed E-state index contributed by atoms with van der Waals surface area (Å²) < 4.78 is 41.0. The van der Waals surface area contributed by atoms with Gasteiger partial charge < -0.3 is 4.90 Å². The van der Waals surface area contributed by atoms with Gasteiger partial charge in [-0.3, -0.25) is 4.79 Å². The van der Waals surface area contributed by atoms with Crippen LogP contribution in [0.2, 0.25) is 0 Å². The molecular weight excluding hydrogens is 367 g/mol. The standard InChI is InChI=1S/C21H20F3N3O/c1-19(2)14-7-8-21(19,18(28)27-10-20(23,24)11-27)17-13(14)9-16(25-26-17)12-5-3-4-6-15(12)22/h3-6,9,14H,7-8,10-11H2,1-2H3/t14-,21+/m0/s1. The van der Waals surface area contributed by atoms with E-state index in [9.17, 15) is 18.0 Å². The van der Waals surface area contributed by atoms with Gasteiger partial charge in [0, 0.05) is 5.56 Å². The largest absolute Gasteiger partial charge is 0.330 e. The molecule has 2 bridgehead atoms. The Labute approximate surface area is 160 Å². The molecule has 1 aromatic carbocycles. The van der Waals surface area contributed by atoms with Crippen molar-refractivity contribution < 1.29 is 18.0 Å². The number of carbonyl (C=O) groups is 1. The van der Waals surface area contributed by atoms with Gasteiger partial charge in [0.05, 0.1) is 29.9 Å². The maximum atomic E-state index is 14.2. The van der Waals surface area contributed by atoms with Crippen molar-refractivity contribution in [1.29, 1.82) is 0 Å². The van der Waals surface area contributed by atoms with Gasteiger partial charge >= 0.3 is 0 Å². The topological polar surface area (TPSA) is 46.1 Å². The second-order valence-corrected chi connectivity index (χ2v) is 8.75. The molecule has 1 aromatic heterocycles. The van der Waals surface area contributed by atoms with Gasteiger partial charge in [-0.2, -0.15) is 10.2 Å². The van der Waals surface area contributed by atoms with E-state index in [1.54, 1.807) is 18.2 Å². The van der Waals surface area contributed by atoms with Gasteiger partial charge in [0.2, 0.25) is 5.91 Å². The van der Waals surface area contributed by atoms with E-state index in [1.165, 1.54) is 11.0 Å². The highest BCUT2D eigenvalue weighted by atomic mass is 19.3. The number of rotatable bonds is 2. The van der Waals surface area contributed by atoms with Gasteiger partial charge in [-0.1, -0.05) is 26.0 Å². The zero-order valence-electron chi connectivity index (χ0n) is 15.7. The Morgan fingerprint density at radius 2 is 1.89 bits per heavy atom. The van der Waals surface area contributed by atoms with Gasteiger partial charge in [-0.15, -0.1) is 0 Å². The average molecular weight is 387 g/mol. The first-order chi connectivity index (χ1) is 13.2. The molecule has 7 heteroatoms. The number of amides is 1. The predicted octanol–water partition coefficient (Wildman–Crippen LogP) is 3.92. The molecule has 0 N–H and O–H groups in total. The molecule has 146 valence electrons. The summed E-state index contributed by atoms with van der Waals surface area (Å²) in [5.74, 6) is -3.41. The molecular formula is C21H20F3N3O. The molecule has 4 nitrogen and oxygen atoms in total. The Morgan fingerprint density at radius 1 is 1.18 bits per heavy atom. The molecule has 5 rings (SSSR count). The van der Waals surface area contributed by atoms with Crippen LogP contribution in [0, 0.1) is 11.2 Å². The summed E-state index contributed by atoms with van der Waals surface area (Å²) in [5.41, 5.74) is 0.864. The lowest BCUT2D eigenvalue weighted by Gasteiger charge is -2.46. The monoisotopic (exact) mass is 387 g/mol. The second kappa shape index (κ2) is 5.33. The molecule has 1 aliphatic heterocycles. The Kier molecular flexibility index (Phi) is 3.36. The second-order valence-electron chi connectivity index (χ2n) is 8.75. The van der Waals surface area contributed by atoms with Crippen LogP contribution in [0.15, 0.2) is 30.3 Å². The first-order valence-electron chi connectivity index (χ1n) is 9.48. The van der Waals surface area contributed by atoms with Crippen LogP contribution in [0.4, 0.5) is 13.2 Å². The lowest BCUT2D eigenvalue weighted by atomic mass is 9.67. The molecule has 2 aromatic rings. The van der Waals surface area contributed by atoms with E-state index in [0.29, 0.717) is 23.4 Å². The fraction of sp³-hybridized carbons (Fsp3) is 0.476. The smallest absolute Gasteiger partial charge is 0.282 e. The third kappa shape index (κ3) is 2.05. The minimum Gasteiger partial charge on any atom is -0.330 e. The van der Waals surface area contributed by atoms with E-state index < -0.39 is 29.8 Å². The fourth-order valence-corrected chi connectivity index (χ4v) is 5.52. The molecule has 3 aliphatic rings. The lowest BCUT2D eigenvalue weighted by Crippen LogP contribution is -2.64. The van der Waals surface area contributed by atoms with Gasteiger partial charge in [0.25, 0.3) is 5.92 Å². The van der Waals surface area contributed by atoms with E-state index in [0.717, 1.165) is 12.0 Å². The van der Waals surface area contributed by atoms with Crippen molar-refractivity contribution in [3.8, 4) is 11.3 Å². The normalized spacial score (nSPS) is 28.8. The van der Waals surface area contributed by atoms with Gasteiger partial charge in [0.1, 0.15) is 5.82 Å². The van der Waals surface area contributed by atoms with Gasteiger partial charge in [-0.05, 0) is 47.9 Å². The zero-order chi connectivity index (χ0) is 19.9. The summed E-state index contributed by atoms with van der Waals surface area (Å²) in [7, 11) is 0. The summed E-state index contributed by atoms with van der Waals surface area (Å²) >= 11 is 0. The Bertz CT molecular complexity index is 998. The van der Waals surface area contributed by atoms with Crippen molar-refractivity contribution in [1.82, 2.24) is 15.1 Å². The number of likely N-dealkylation sites (tertiary alicyclic amines) is 1. The number of nitrogens with zero attached hydrogens (tertiary/aromatic N) is 3. The minimum atomic E-state index is -2.81. The number of hydrogen-bond donors (Lipinski definition) is 0. The zero-order valence-corrected chi connectivity index (χ0v) is 15.7. The third-order valence-electron chi connectivity index (χ3n) is 7.03. The third-order valence-corrected chi connectivity index (χ3v) is 7.03. The molecule has 0 spiro atoms. The van der Waals surface area contributed by atoms with E-state index in [2.05, 4.69) is 10.2 Å². The average Bonchev–Trinajstić information content (AvgIpc) is 3.01. The summed E-state index contributed by atoms with van der Waals surface area (Å²) in [4.78, 5) is 14.6. The summed E-state index contributed by atoms with van der Waals surface area (Å²) in [6, 6.07) is 8.19.